The summed E-state index contributed by atoms with van der Waals surface area (Å²) in [6, 6.07) is 14.0. The molecule has 2 aromatic rings. The zero-order valence-electron chi connectivity index (χ0n) is 20.4. The Morgan fingerprint density at radius 1 is 1.05 bits per heavy atom. The highest BCUT2D eigenvalue weighted by Crippen LogP contribution is 2.38. The van der Waals surface area contributed by atoms with Crippen molar-refractivity contribution >= 4 is 34.1 Å². The number of hydrogen-bond donors (Lipinski definition) is 0. The van der Waals surface area contributed by atoms with Gasteiger partial charge in [-0.1, -0.05) is 34.8 Å². The highest BCUT2D eigenvalue weighted by molar-refractivity contribution is 6.68. The third-order valence-electron chi connectivity index (χ3n) is 7.05. The summed E-state index contributed by atoms with van der Waals surface area (Å²) in [7, 11) is 0. The number of halogens is 4. The lowest BCUT2D eigenvalue weighted by Crippen LogP contribution is -2.47. The molecule has 4 rings (SSSR count). The molecule has 6 nitrogen and oxygen atoms in total. The summed E-state index contributed by atoms with van der Waals surface area (Å²) in [5, 5.41) is -1.67. The molecule has 2 fully saturated rings. The monoisotopic (exact) mass is 538 g/mol. The highest BCUT2D eigenvalue weighted by atomic mass is 35.5. The summed E-state index contributed by atoms with van der Waals surface area (Å²) >= 11 is 5.59. The number of piperidine rings is 1. The lowest BCUT2D eigenvalue weighted by Gasteiger charge is -2.34. The van der Waals surface area contributed by atoms with Gasteiger partial charge in [0.05, 0.1) is 17.9 Å². The molecule has 0 saturated carbocycles. The van der Waals surface area contributed by atoms with Crippen LogP contribution in [0.1, 0.15) is 41.6 Å². The van der Waals surface area contributed by atoms with E-state index in [1.807, 2.05) is 35.2 Å². The molecule has 0 N–H and O–H groups in total. The molecule has 37 heavy (non-hydrogen) atoms. The van der Waals surface area contributed by atoms with Crippen molar-refractivity contribution in [3.05, 3.63) is 59.7 Å². The van der Waals surface area contributed by atoms with Crippen molar-refractivity contribution in [3.8, 4) is 0 Å². The fraction of sp³-hybridized carbons (Fsp3) is 0.481. The van der Waals surface area contributed by atoms with E-state index < -0.39 is 33.8 Å². The molecule has 0 spiro atoms. The third-order valence-corrected chi connectivity index (χ3v) is 7.25. The normalized spacial score (nSPS) is 17.6. The Morgan fingerprint density at radius 2 is 1.73 bits per heavy atom. The number of ether oxygens (including phenoxy) is 2. The van der Waals surface area contributed by atoms with Crippen LogP contribution in [0.5, 0.6) is 0 Å². The Kier molecular flexibility index (Phi) is 9.10. The molecule has 0 radical (unpaired) electrons. The fourth-order valence-electron chi connectivity index (χ4n) is 4.80. The fourth-order valence-corrected chi connectivity index (χ4v) is 4.96. The van der Waals surface area contributed by atoms with Gasteiger partial charge in [0.15, 0.2) is 0 Å². The second kappa shape index (κ2) is 12.3. The van der Waals surface area contributed by atoms with E-state index in [1.165, 1.54) is 12.1 Å². The molecule has 2 aromatic carbocycles. The molecule has 0 unspecified atom stereocenters. The van der Waals surface area contributed by atoms with E-state index in [0.29, 0.717) is 37.9 Å². The second-order valence-electron chi connectivity index (χ2n) is 9.50. The summed E-state index contributed by atoms with van der Waals surface area (Å²) < 4.78 is 55.9. The standard InChI is InChI=1S/C27H30ClF3N2O4/c28-25(34)23-7-6-22(16-24(23)33(31)26(35)27(29,30)21-10-14-36-15-11-21)32-12-8-20(9-13-32)18-37-17-19-4-2-1-3-5-19/h1-7,16,20-21H,8-15,17-18H2. The molecule has 200 valence electrons. The van der Waals surface area contributed by atoms with Gasteiger partial charge in [-0.05, 0) is 67.0 Å². The van der Waals surface area contributed by atoms with Crippen LogP contribution < -0.4 is 10.0 Å². The van der Waals surface area contributed by atoms with Gasteiger partial charge in [0.1, 0.15) is 0 Å². The maximum atomic E-state index is 15.2. The Labute approximate surface area is 219 Å². The highest BCUT2D eigenvalue weighted by Gasteiger charge is 2.51. The van der Waals surface area contributed by atoms with Gasteiger partial charge in [-0.2, -0.15) is 8.78 Å². The Bertz CT molecular complexity index is 1070. The SMILES string of the molecule is O=C(Cl)c1ccc(N2CCC(COCc3ccccc3)CC2)cc1N(F)C(=O)C(F)(F)C1CCOCC1. The van der Waals surface area contributed by atoms with Crippen LogP contribution in [0.4, 0.5) is 24.6 Å². The van der Waals surface area contributed by atoms with Gasteiger partial charge in [0, 0.05) is 44.5 Å². The first kappa shape index (κ1) is 27.4. The van der Waals surface area contributed by atoms with E-state index in [-0.39, 0.29) is 31.6 Å². The molecule has 2 heterocycles. The third kappa shape index (κ3) is 6.64. The average molecular weight is 539 g/mol. The van der Waals surface area contributed by atoms with Crippen molar-refractivity contribution in [1.29, 1.82) is 0 Å². The quantitative estimate of drug-likeness (QED) is 0.299. The second-order valence-corrected chi connectivity index (χ2v) is 9.85. The van der Waals surface area contributed by atoms with E-state index in [1.54, 1.807) is 6.07 Å². The van der Waals surface area contributed by atoms with Crippen LogP contribution in [0.15, 0.2) is 48.5 Å². The summed E-state index contributed by atoms with van der Waals surface area (Å²) in [6.07, 6.45) is 1.52. The van der Waals surface area contributed by atoms with Gasteiger partial charge < -0.3 is 14.4 Å². The van der Waals surface area contributed by atoms with Gasteiger partial charge >= 0.3 is 11.8 Å². The van der Waals surface area contributed by atoms with Crippen LogP contribution in [0.25, 0.3) is 0 Å². The summed E-state index contributed by atoms with van der Waals surface area (Å²) in [5.74, 6) is -6.95. The minimum atomic E-state index is -3.95. The van der Waals surface area contributed by atoms with Crippen molar-refractivity contribution in [2.75, 3.05) is 42.9 Å². The van der Waals surface area contributed by atoms with Crippen molar-refractivity contribution in [1.82, 2.24) is 0 Å². The predicted molar refractivity (Wildman–Crippen MR) is 135 cm³/mol. The minimum absolute atomic E-state index is 0.0576. The maximum absolute atomic E-state index is 15.2. The molecular formula is C27H30ClF3N2O4. The van der Waals surface area contributed by atoms with Crippen LogP contribution in [-0.4, -0.2) is 50.0 Å². The van der Waals surface area contributed by atoms with Gasteiger partial charge in [-0.15, -0.1) is 5.12 Å². The van der Waals surface area contributed by atoms with Crippen LogP contribution in [0, 0.1) is 11.8 Å². The van der Waals surface area contributed by atoms with E-state index in [4.69, 9.17) is 21.1 Å². The van der Waals surface area contributed by atoms with Gasteiger partial charge in [0.2, 0.25) is 0 Å². The molecule has 1 amide bonds. The number of rotatable bonds is 9. The molecular weight excluding hydrogens is 509 g/mol. The van der Waals surface area contributed by atoms with Crippen LogP contribution in [0.3, 0.4) is 0 Å². The van der Waals surface area contributed by atoms with E-state index in [0.717, 1.165) is 18.4 Å². The van der Waals surface area contributed by atoms with Crippen LogP contribution in [-0.2, 0) is 20.9 Å². The smallest absolute Gasteiger partial charge is 0.330 e. The summed E-state index contributed by atoms with van der Waals surface area (Å²) in [4.78, 5) is 26.4. The number of alkyl halides is 2. The largest absolute Gasteiger partial charge is 0.381 e. The van der Waals surface area contributed by atoms with Crippen molar-refractivity contribution in [2.45, 2.75) is 38.2 Å². The Morgan fingerprint density at radius 3 is 2.38 bits per heavy atom. The van der Waals surface area contributed by atoms with E-state index >= 15 is 4.48 Å². The Balaban J connectivity index is 1.41. The summed E-state index contributed by atoms with van der Waals surface area (Å²) in [5.41, 5.74) is 0.690. The number of amides is 1. The first-order valence-corrected chi connectivity index (χ1v) is 12.8. The molecule has 0 aliphatic carbocycles. The summed E-state index contributed by atoms with van der Waals surface area (Å²) in [6.45, 7) is 2.57. The lowest BCUT2D eigenvalue weighted by atomic mass is 9.92. The molecule has 0 aromatic heterocycles. The molecule has 2 aliphatic heterocycles. The molecule has 2 aliphatic rings. The number of hydrogen-bond acceptors (Lipinski definition) is 5. The zero-order valence-corrected chi connectivity index (χ0v) is 21.1. The van der Waals surface area contributed by atoms with E-state index in [9.17, 15) is 18.4 Å². The number of carbonyl (C=O) groups excluding carboxylic acids is 2. The van der Waals surface area contributed by atoms with Gasteiger partial charge in [0.25, 0.3) is 5.24 Å². The first-order chi connectivity index (χ1) is 17.8. The predicted octanol–water partition coefficient (Wildman–Crippen LogP) is 5.78. The Hall–Kier alpha value is -2.62. The van der Waals surface area contributed by atoms with Crippen LogP contribution >= 0.6 is 11.6 Å². The van der Waals surface area contributed by atoms with Crippen molar-refractivity contribution in [2.24, 2.45) is 11.8 Å². The minimum Gasteiger partial charge on any atom is -0.381 e. The molecule has 10 heteroatoms. The van der Waals surface area contributed by atoms with Crippen LogP contribution in [0.2, 0.25) is 0 Å². The van der Waals surface area contributed by atoms with E-state index in [2.05, 4.69) is 0 Å². The molecule has 2 saturated heterocycles. The number of anilines is 2. The number of carbonyl (C=O) groups is 2. The number of nitrogens with zero attached hydrogens (tertiary/aromatic N) is 2. The molecule has 0 bridgehead atoms. The first-order valence-electron chi connectivity index (χ1n) is 12.4. The number of benzene rings is 2. The maximum Gasteiger partial charge on any atom is 0.330 e. The zero-order chi connectivity index (χ0) is 26.4. The topological polar surface area (TPSA) is 59.1 Å². The van der Waals surface area contributed by atoms with Gasteiger partial charge in [-0.25, -0.2) is 0 Å². The lowest BCUT2D eigenvalue weighted by molar-refractivity contribution is -0.159. The molecule has 0 atom stereocenters. The van der Waals surface area contributed by atoms with Gasteiger partial charge in [-0.3, -0.25) is 9.59 Å². The van der Waals surface area contributed by atoms with Crippen molar-refractivity contribution in [3.63, 3.8) is 0 Å². The average Bonchev–Trinajstić information content (AvgIpc) is 2.93. The van der Waals surface area contributed by atoms with Crippen molar-refractivity contribution < 1.29 is 32.3 Å².